The van der Waals surface area contributed by atoms with E-state index in [0.29, 0.717) is 15.8 Å². The van der Waals surface area contributed by atoms with E-state index >= 15 is 0 Å². The van der Waals surface area contributed by atoms with Crippen molar-refractivity contribution in [2.24, 2.45) is 0 Å². The summed E-state index contributed by atoms with van der Waals surface area (Å²) in [5.74, 6) is -1.43. The summed E-state index contributed by atoms with van der Waals surface area (Å²) in [6.45, 7) is 0. The number of carboxylic acid groups (broad SMARTS) is 1. The zero-order valence-corrected chi connectivity index (χ0v) is 12.6. The van der Waals surface area contributed by atoms with Crippen LogP contribution in [0.4, 0.5) is 5.69 Å². The quantitative estimate of drug-likeness (QED) is 0.917. The van der Waals surface area contributed by atoms with Crippen LogP contribution in [0, 0.1) is 0 Å². The van der Waals surface area contributed by atoms with Gasteiger partial charge in [0.1, 0.15) is 5.75 Å². The lowest BCUT2D eigenvalue weighted by molar-refractivity contribution is -0.254. The predicted octanol–water partition coefficient (Wildman–Crippen LogP) is 2.07. The van der Waals surface area contributed by atoms with Gasteiger partial charge < -0.3 is 20.0 Å². The first-order valence-electron chi connectivity index (χ1n) is 5.98. The lowest BCUT2D eigenvalue weighted by Gasteiger charge is -2.13. The van der Waals surface area contributed by atoms with Crippen LogP contribution in [-0.2, 0) is 0 Å². The van der Waals surface area contributed by atoms with Gasteiger partial charge >= 0.3 is 0 Å². The molecule has 6 heteroatoms. The largest absolute Gasteiger partial charge is 0.545 e. The van der Waals surface area contributed by atoms with Gasteiger partial charge in [-0.3, -0.25) is 4.79 Å². The number of nitrogens with one attached hydrogen (secondary N) is 1. The molecule has 5 nitrogen and oxygen atoms in total. The summed E-state index contributed by atoms with van der Waals surface area (Å²) in [6.07, 6.45) is 0. The molecule has 1 N–H and O–H groups in total. The van der Waals surface area contributed by atoms with Crippen LogP contribution >= 0.6 is 15.9 Å². The number of carbonyl (C=O) groups is 2. The van der Waals surface area contributed by atoms with Gasteiger partial charge in [0, 0.05) is 10.0 Å². The molecule has 0 saturated carbocycles. The number of aromatic carboxylic acids is 1. The lowest BCUT2D eigenvalue weighted by atomic mass is 10.1. The van der Waals surface area contributed by atoms with Gasteiger partial charge in [0.2, 0.25) is 0 Å². The molecule has 0 spiro atoms. The molecule has 2 aromatic rings. The second-order valence-corrected chi connectivity index (χ2v) is 5.05. The van der Waals surface area contributed by atoms with Crippen LogP contribution in [0.2, 0.25) is 0 Å². The third-order valence-electron chi connectivity index (χ3n) is 2.80. The molecule has 0 aliphatic rings. The number of hydrogen-bond acceptors (Lipinski definition) is 4. The van der Waals surface area contributed by atoms with Gasteiger partial charge in [-0.05, 0) is 24.3 Å². The van der Waals surface area contributed by atoms with E-state index in [0.717, 1.165) is 0 Å². The summed E-state index contributed by atoms with van der Waals surface area (Å²) in [7, 11) is 1.45. The maximum absolute atomic E-state index is 12.3. The van der Waals surface area contributed by atoms with Crippen molar-refractivity contribution in [1.82, 2.24) is 0 Å². The topological polar surface area (TPSA) is 78.5 Å². The first kappa shape index (κ1) is 15.1. The Morgan fingerprint density at radius 1 is 1.14 bits per heavy atom. The molecule has 108 valence electrons. The monoisotopic (exact) mass is 348 g/mol. The number of carbonyl (C=O) groups excluding carboxylic acids is 2. The molecule has 21 heavy (non-hydrogen) atoms. The Hall–Kier alpha value is -2.34. The Bertz CT molecular complexity index is 700. The minimum Gasteiger partial charge on any atom is -0.545 e. The first-order valence-corrected chi connectivity index (χ1v) is 6.77. The van der Waals surface area contributed by atoms with Gasteiger partial charge in [0.25, 0.3) is 5.91 Å². The number of ether oxygens (including phenoxy) is 1. The lowest BCUT2D eigenvalue weighted by Crippen LogP contribution is -2.25. The van der Waals surface area contributed by atoms with Crippen molar-refractivity contribution in [1.29, 1.82) is 0 Å². The van der Waals surface area contributed by atoms with E-state index in [1.54, 1.807) is 30.3 Å². The zero-order chi connectivity index (χ0) is 15.4. The number of rotatable bonds is 4. The molecule has 0 fully saturated rings. The standard InChI is InChI=1S/C15H12BrNO4/c1-21-13-7-6-9(16)8-11(13)14(18)17-12-5-3-2-4-10(12)15(19)20/h2-8H,1H3,(H,17,18)(H,19,20)/p-1. The normalized spacial score (nSPS) is 10.0. The van der Waals surface area contributed by atoms with E-state index in [-0.39, 0.29) is 11.3 Å². The van der Waals surface area contributed by atoms with E-state index in [1.165, 1.54) is 19.2 Å². The van der Waals surface area contributed by atoms with E-state index in [1.807, 2.05) is 0 Å². The summed E-state index contributed by atoms with van der Waals surface area (Å²) in [6, 6.07) is 11.0. The molecule has 2 rings (SSSR count). The molecule has 0 bridgehead atoms. The average molecular weight is 349 g/mol. The molecule has 2 aromatic carbocycles. The van der Waals surface area contributed by atoms with Gasteiger partial charge in [0.05, 0.1) is 24.3 Å². The highest BCUT2D eigenvalue weighted by Gasteiger charge is 2.14. The summed E-state index contributed by atoms with van der Waals surface area (Å²) in [5, 5.41) is 13.6. The molecule has 0 aliphatic heterocycles. The van der Waals surface area contributed by atoms with Crippen molar-refractivity contribution in [3.05, 3.63) is 58.1 Å². The van der Waals surface area contributed by atoms with Gasteiger partial charge in [-0.1, -0.05) is 34.1 Å². The molecule has 1 amide bonds. The molecule has 0 radical (unpaired) electrons. The summed E-state index contributed by atoms with van der Waals surface area (Å²) < 4.78 is 5.84. The highest BCUT2D eigenvalue weighted by molar-refractivity contribution is 9.10. The van der Waals surface area contributed by atoms with Crippen molar-refractivity contribution in [2.45, 2.75) is 0 Å². The van der Waals surface area contributed by atoms with Crippen molar-refractivity contribution >= 4 is 33.5 Å². The van der Waals surface area contributed by atoms with Crippen LogP contribution in [0.5, 0.6) is 5.75 Å². The summed E-state index contributed by atoms with van der Waals surface area (Å²) >= 11 is 3.28. The van der Waals surface area contributed by atoms with Crippen LogP contribution in [0.1, 0.15) is 20.7 Å². The Morgan fingerprint density at radius 3 is 2.52 bits per heavy atom. The van der Waals surface area contributed by atoms with Crippen molar-refractivity contribution in [3.63, 3.8) is 0 Å². The number of methoxy groups -OCH3 is 1. The zero-order valence-electron chi connectivity index (χ0n) is 11.1. The fraction of sp³-hybridized carbons (Fsp3) is 0.0667. The number of amides is 1. The number of para-hydroxylation sites is 1. The van der Waals surface area contributed by atoms with Crippen LogP contribution in [0.3, 0.4) is 0 Å². The van der Waals surface area contributed by atoms with Crippen LogP contribution < -0.4 is 15.2 Å². The van der Waals surface area contributed by atoms with E-state index in [2.05, 4.69) is 21.2 Å². The minimum absolute atomic E-state index is 0.0835. The second kappa shape index (κ2) is 6.41. The van der Waals surface area contributed by atoms with Gasteiger partial charge in [-0.2, -0.15) is 0 Å². The van der Waals surface area contributed by atoms with E-state index in [4.69, 9.17) is 4.74 Å². The molecule has 0 atom stereocenters. The van der Waals surface area contributed by atoms with Crippen molar-refractivity contribution < 1.29 is 19.4 Å². The Kier molecular flexibility index (Phi) is 4.59. The predicted molar refractivity (Wildman–Crippen MR) is 79.4 cm³/mol. The number of anilines is 1. The molecular formula is C15H11BrNO4-. The Morgan fingerprint density at radius 2 is 1.86 bits per heavy atom. The highest BCUT2D eigenvalue weighted by atomic mass is 79.9. The summed E-state index contributed by atoms with van der Waals surface area (Å²) in [4.78, 5) is 23.3. The molecule has 0 unspecified atom stereocenters. The Labute approximate surface area is 129 Å². The number of hydrogen-bond donors (Lipinski definition) is 1. The Balaban J connectivity index is 2.35. The number of benzene rings is 2. The van der Waals surface area contributed by atoms with E-state index < -0.39 is 11.9 Å². The maximum atomic E-state index is 12.3. The van der Waals surface area contributed by atoms with Gasteiger partial charge in [0.15, 0.2) is 0 Å². The van der Waals surface area contributed by atoms with E-state index in [9.17, 15) is 14.7 Å². The fourth-order valence-corrected chi connectivity index (χ4v) is 2.18. The number of halogens is 1. The fourth-order valence-electron chi connectivity index (χ4n) is 1.82. The highest BCUT2D eigenvalue weighted by Crippen LogP contribution is 2.24. The third-order valence-corrected chi connectivity index (χ3v) is 3.29. The molecule has 0 aliphatic carbocycles. The third kappa shape index (κ3) is 3.41. The first-order chi connectivity index (χ1) is 10.0. The van der Waals surface area contributed by atoms with Crippen molar-refractivity contribution in [2.75, 3.05) is 12.4 Å². The average Bonchev–Trinajstić information content (AvgIpc) is 2.47. The molecule has 0 saturated heterocycles. The minimum atomic E-state index is -1.35. The summed E-state index contributed by atoms with van der Waals surface area (Å²) in [5.41, 5.74) is 0.379. The SMILES string of the molecule is COc1ccc(Br)cc1C(=O)Nc1ccccc1C(=O)[O-]. The van der Waals surface area contributed by atoms with Gasteiger partial charge in [-0.25, -0.2) is 0 Å². The number of carboxylic acids is 1. The van der Waals surface area contributed by atoms with Crippen LogP contribution in [0.25, 0.3) is 0 Å². The van der Waals surface area contributed by atoms with Crippen LogP contribution in [-0.4, -0.2) is 19.0 Å². The van der Waals surface area contributed by atoms with Crippen molar-refractivity contribution in [3.8, 4) is 5.75 Å². The van der Waals surface area contributed by atoms with Gasteiger partial charge in [-0.15, -0.1) is 0 Å². The molecule has 0 aromatic heterocycles. The molecular weight excluding hydrogens is 338 g/mol. The maximum Gasteiger partial charge on any atom is 0.259 e. The second-order valence-electron chi connectivity index (χ2n) is 4.13. The smallest absolute Gasteiger partial charge is 0.259 e. The molecule has 0 heterocycles. The van der Waals surface area contributed by atoms with Crippen LogP contribution in [0.15, 0.2) is 46.9 Å².